The molecule has 0 unspecified atom stereocenters. The molecule has 14 heteroatoms. The molecule has 0 atom stereocenters. The minimum absolute atomic E-state index is 0.426. The van der Waals surface area contributed by atoms with Gasteiger partial charge in [0.25, 0.3) is 11.4 Å². The normalized spacial score (nSPS) is 9.54. The topological polar surface area (TPSA) is 213 Å². The summed E-state index contributed by atoms with van der Waals surface area (Å²) in [6.07, 6.45) is 0. The maximum Gasteiger partial charge on any atom is 0.317 e. The zero-order valence-corrected chi connectivity index (χ0v) is 12.4. The summed E-state index contributed by atoms with van der Waals surface area (Å²) in [4.78, 5) is 37.5. The number of nitrogens with zero attached hydrogens (tertiary/aromatic N) is 4. The van der Waals surface area contributed by atoms with E-state index in [1.165, 1.54) is 0 Å². The van der Waals surface area contributed by atoms with Gasteiger partial charge in [-0.3, -0.25) is 40.5 Å². The highest BCUT2D eigenvalue weighted by molar-refractivity contribution is 5.53. The van der Waals surface area contributed by atoms with E-state index in [4.69, 9.17) is 10.2 Å². The molecule has 0 aliphatic rings. The number of phenolic OH excluding ortho intramolecular Hbond substituents is 2. The van der Waals surface area contributed by atoms with Gasteiger partial charge in [0.15, 0.2) is 11.5 Å². The molecular weight excluding hydrogens is 360 g/mol. The predicted molar refractivity (Wildman–Crippen MR) is 82.8 cm³/mol. The van der Waals surface area contributed by atoms with E-state index in [2.05, 4.69) is 0 Å². The highest BCUT2D eigenvalue weighted by Gasteiger charge is 2.19. The summed E-state index contributed by atoms with van der Waals surface area (Å²) in [5.74, 6) is -1.17. The van der Waals surface area contributed by atoms with Crippen LogP contribution in [0.15, 0.2) is 36.4 Å². The van der Waals surface area contributed by atoms with Crippen LogP contribution in [0.25, 0.3) is 0 Å². The molecule has 0 bridgehead atoms. The Hall–Kier alpha value is -4.36. The molecule has 2 aromatic rings. The molecule has 0 amide bonds. The number of rotatable bonds is 4. The molecule has 26 heavy (non-hydrogen) atoms. The van der Waals surface area contributed by atoms with Crippen molar-refractivity contribution in [2.24, 2.45) is 0 Å². The number of nitro groups is 4. The van der Waals surface area contributed by atoms with Crippen LogP contribution in [0.5, 0.6) is 11.5 Å². The fraction of sp³-hybridized carbons (Fsp3) is 0. The lowest BCUT2D eigenvalue weighted by atomic mass is 10.2. The molecule has 14 nitrogen and oxygen atoms in total. The van der Waals surface area contributed by atoms with Crippen molar-refractivity contribution in [1.29, 1.82) is 0 Å². The third kappa shape index (κ3) is 4.82. The lowest BCUT2D eigenvalue weighted by molar-refractivity contribution is -0.395. The summed E-state index contributed by atoms with van der Waals surface area (Å²) in [6.45, 7) is 0. The molecule has 0 aliphatic heterocycles. The maximum atomic E-state index is 10.2. The minimum atomic E-state index is -0.887. The van der Waals surface area contributed by atoms with E-state index >= 15 is 0 Å². The molecule has 0 heterocycles. The van der Waals surface area contributed by atoms with E-state index in [1.54, 1.807) is 0 Å². The molecule has 136 valence electrons. The fourth-order valence-electron chi connectivity index (χ4n) is 1.54. The molecule has 2 rings (SSSR count). The van der Waals surface area contributed by atoms with Gasteiger partial charge in [-0.15, -0.1) is 0 Å². The van der Waals surface area contributed by atoms with E-state index in [0.29, 0.717) is 12.1 Å². The van der Waals surface area contributed by atoms with Crippen molar-refractivity contribution < 1.29 is 29.9 Å². The van der Waals surface area contributed by atoms with E-state index in [0.717, 1.165) is 24.3 Å². The van der Waals surface area contributed by atoms with Crippen molar-refractivity contribution in [1.82, 2.24) is 0 Å². The average Bonchev–Trinajstić information content (AvgIpc) is 2.55. The second kappa shape index (κ2) is 7.95. The van der Waals surface area contributed by atoms with Gasteiger partial charge >= 0.3 is 11.4 Å². The molecule has 0 fully saturated rings. The van der Waals surface area contributed by atoms with Crippen LogP contribution in [0.1, 0.15) is 0 Å². The predicted octanol–water partition coefficient (Wildman–Crippen LogP) is 2.42. The molecule has 0 aromatic heterocycles. The van der Waals surface area contributed by atoms with E-state index in [9.17, 15) is 40.5 Å². The zero-order chi connectivity index (χ0) is 20.0. The third-order valence-electron chi connectivity index (χ3n) is 2.73. The smallest absolute Gasteiger partial charge is 0.317 e. The second-order valence-corrected chi connectivity index (χ2v) is 4.37. The van der Waals surface area contributed by atoms with Crippen molar-refractivity contribution in [2.75, 3.05) is 0 Å². The molecule has 2 N–H and O–H groups in total. The van der Waals surface area contributed by atoms with Gasteiger partial charge in [-0.2, -0.15) is 0 Å². The van der Waals surface area contributed by atoms with Gasteiger partial charge in [0, 0.05) is 12.1 Å². The Labute approximate surface area is 142 Å². The summed E-state index contributed by atoms with van der Waals surface area (Å²) >= 11 is 0. The number of hydrogen-bond donors (Lipinski definition) is 2. The number of non-ortho nitro benzene ring substituents is 2. The average molecular weight is 368 g/mol. The van der Waals surface area contributed by atoms with E-state index in [1.807, 2.05) is 0 Å². The quantitative estimate of drug-likeness (QED) is 0.593. The van der Waals surface area contributed by atoms with Crippen molar-refractivity contribution in [3.05, 3.63) is 76.9 Å². The summed E-state index contributed by atoms with van der Waals surface area (Å²) < 4.78 is 0. The summed E-state index contributed by atoms with van der Waals surface area (Å²) in [5.41, 5.74) is -2.20. The molecule has 0 radical (unpaired) electrons. The Morgan fingerprint density at radius 3 is 1.12 bits per heavy atom. The first-order chi connectivity index (χ1) is 12.0. The lowest BCUT2D eigenvalue weighted by Gasteiger charge is -1.94. The number of benzene rings is 2. The number of aromatic hydroxyl groups is 2. The van der Waals surface area contributed by atoms with Gasteiger partial charge < -0.3 is 10.2 Å². The van der Waals surface area contributed by atoms with E-state index in [-0.39, 0.29) is 0 Å². The van der Waals surface area contributed by atoms with Crippen LogP contribution >= 0.6 is 0 Å². The molecule has 0 spiro atoms. The third-order valence-corrected chi connectivity index (χ3v) is 2.73. The summed E-state index contributed by atoms with van der Waals surface area (Å²) in [7, 11) is 0. The largest absolute Gasteiger partial charge is 0.502 e. The van der Waals surface area contributed by atoms with Crippen LogP contribution in [0.4, 0.5) is 22.7 Å². The van der Waals surface area contributed by atoms with Crippen LogP contribution in [-0.4, -0.2) is 29.9 Å². The van der Waals surface area contributed by atoms with Gasteiger partial charge in [-0.05, 0) is 12.1 Å². The monoisotopic (exact) mass is 368 g/mol. The first-order valence-corrected chi connectivity index (χ1v) is 6.28. The zero-order valence-electron chi connectivity index (χ0n) is 12.4. The van der Waals surface area contributed by atoms with Gasteiger partial charge in [0.2, 0.25) is 0 Å². The second-order valence-electron chi connectivity index (χ2n) is 4.37. The lowest BCUT2D eigenvalue weighted by Crippen LogP contribution is -1.92. The molecule has 0 saturated carbocycles. The molecule has 0 saturated heterocycles. The standard InChI is InChI=1S/2C6H4N2O5/c2*9-6-2-1-4(7(10)11)3-5(6)8(12)13/h2*1-3,9H. The Bertz CT molecular complexity index is 824. The van der Waals surface area contributed by atoms with Crippen LogP contribution in [0.3, 0.4) is 0 Å². The fourth-order valence-corrected chi connectivity index (χ4v) is 1.54. The van der Waals surface area contributed by atoms with Gasteiger partial charge in [-0.1, -0.05) is 0 Å². The summed E-state index contributed by atoms with van der Waals surface area (Å²) in [6, 6.07) is 5.21. The van der Waals surface area contributed by atoms with Crippen LogP contribution in [0.2, 0.25) is 0 Å². The van der Waals surface area contributed by atoms with E-state index < -0.39 is 53.9 Å². The van der Waals surface area contributed by atoms with Gasteiger partial charge in [0.05, 0.1) is 31.8 Å². The van der Waals surface area contributed by atoms with Crippen molar-refractivity contribution in [3.63, 3.8) is 0 Å². The highest BCUT2D eigenvalue weighted by Crippen LogP contribution is 2.30. The molecule has 0 aliphatic carbocycles. The van der Waals surface area contributed by atoms with Crippen LogP contribution in [-0.2, 0) is 0 Å². The minimum Gasteiger partial charge on any atom is -0.502 e. The van der Waals surface area contributed by atoms with Crippen molar-refractivity contribution in [3.8, 4) is 11.5 Å². The highest BCUT2D eigenvalue weighted by atomic mass is 16.6. The Kier molecular flexibility index (Phi) is 6.02. The SMILES string of the molecule is O=[N+]([O-])c1ccc(O)c([N+](=O)[O-])c1.O=[N+]([O-])c1ccc(O)c([N+](=O)[O-])c1. The van der Waals surface area contributed by atoms with Crippen LogP contribution < -0.4 is 0 Å². The Balaban J connectivity index is 0.000000260. The van der Waals surface area contributed by atoms with Crippen LogP contribution in [0, 0.1) is 40.5 Å². The van der Waals surface area contributed by atoms with Gasteiger partial charge in [-0.25, -0.2) is 0 Å². The van der Waals surface area contributed by atoms with Crippen molar-refractivity contribution >= 4 is 22.7 Å². The first-order valence-electron chi connectivity index (χ1n) is 6.28. The van der Waals surface area contributed by atoms with Crippen molar-refractivity contribution in [2.45, 2.75) is 0 Å². The summed E-state index contributed by atoms with van der Waals surface area (Å²) in [5, 5.41) is 58.7. The maximum absolute atomic E-state index is 10.2. The Morgan fingerprint density at radius 2 is 0.885 bits per heavy atom. The molecular formula is C12H8N4O10. The first kappa shape index (κ1) is 19.7. The number of nitro benzene ring substituents is 4. The molecule has 2 aromatic carbocycles. The Morgan fingerprint density at radius 1 is 0.577 bits per heavy atom. The van der Waals surface area contributed by atoms with Gasteiger partial charge in [0.1, 0.15) is 0 Å². The number of hydrogen-bond acceptors (Lipinski definition) is 10. The number of phenols is 2.